The van der Waals surface area contributed by atoms with E-state index >= 15 is 0 Å². The molecule has 3 saturated carbocycles. The molecule has 1 N–H and O–H groups in total. The summed E-state index contributed by atoms with van der Waals surface area (Å²) >= 11 is 0. The monoisotopic (exact) mass is 491 g/mol. The summed E-state index contributed by atoms with van der Waals surface area (Å²) in [6.07, 6.45) is 13.3. The summed E-state index contributed by atoms with van der Waals surface area (Å²) in [5.41, 5.74) is 1.11. The van der Waals surface area contributed by atoms with E-state index in [0.29, 0.717) is 5.92 Å². The standard InChI is InChI=1S/C32H45NO3/c1-20-22-8-10-30(5)25(29(22,4)17-21(19-33)27(20)36)16-24(35)26-23-18-28(2,3)11-13-32(23,9-7-15-34)14-12-31(26,30)6/h16-17,20,22-23,26,34H,7-15,18H2,1-6H3/t20-,22-,23?,26?,29-,30+,31+,32+/m0/s1. The normalized spacial score (nSPS) is 47.4. The fraction of sp³-hybridized carbons (Fsp3) is 0.781. The van der Waals surface area contributed by atoms with Gasteiger partial charge in [0.2, 0.25) is 0 Å². The zero-order chi connectivity index (χ0) is 26.3. The molecule has 2 unspecified atom stereocenters. The van der Waals surface area contributed by atoms with Crippen molar-refractivity contribution in [3.63, 3.8) is 0 Å². The van der Waals surface area contributed by atoms with Crippen LogP contribution in [0.25, 0.3) is 0 Å². The highest BCUT2D eigenvalue weighted by Gasteiger charge is 2.68. The molecule has 0 aromatic heterocycles. The zero-order valence-corrected chi connectivity index (χ0v) is 23.2. The number of allylic oxidation sites excluding steroid dienone is 4. The highest BCUT2D eigenvalue weighted by Crippen LogP contribution is 2.74. The highest BCUT2D eigenvalue weighted by molar-refractivity contribution is 6.02. The van der Waals surface area contributed by atoms with Gasteiger partial charge in [-0.05, 0) is 97.4 Å². The van der Waals surface area contributed by atoms with Crippen LogP contribution in [0.1, 0.15) is 99.3 Å². The summed E-state index contributed by atoms with van der Waals surface area (Å²) in [7, 11) is 0. The Morgan fingerprint density at radius 3 is 2.39 bits per heavy atom. The highest BCUT2D eigenvalue weighted by atomic mass is 16.3. The lowest BCUT2D eigenvalue weighted by atomic mass is 9.34. The van der Waals surface area contributed by atoms with Crippen molar-refractivity contribution in [2.75, 3.05) is 6.61 Å². The number of ketones is 2. The molecule has 3 fully saturated rings. The minimum atomic E-state index is -0.438. The smallest absolute Gasteiger partial charge is 0.176 e. The number of hydrogen-bond donors (Lipinski definition) is 1. The molecule has 8 atom stereocenters. The molecule has 5 aliphatic rings. The lowest BCUT2D eigenvalue weighted by Crippen LogP contribution is -2.64. The number of rotatable bonds is 3. The molecule has 0 bridgehead atoms. The average molecular weight is 492 g/mol. The Balaban J connectivity index is 1.66. The van der Waals surface area contributed by atoms with Gasteiger partial charge in [0, 0.05) is 23.9 Å². The molecular weight excluding hydrogens is 446 g/mol. The Bertz CT molecular complexity index is 1090. The molecule has 5 aliphatic carbocycles. The minimum absolute atomic E-state index is 0.000445. The van der Waals surface area contributed by atoms with Gasteiger partial charge < -0.3 is 5.11 Å². The van der Waals surface area contributed by atoms with Gasteiger partial charge in [0.15, 0.2) is 11.6 Å². The molecule has 0 radical (unpaired) electrons. The molecule has 0 aromatic rings. The molecule has 0 amide bonds. The third-order valence-electron chi connectivity index (χ3n) is 12.5. The van der Waals surface area contributed by atoms with Crippen LogP contribution in [0.2, 0.25) is 0 Å². The van der Waals surface area contributed by atoms with Crippen LogP contribution < -0.4 is 0 Å². The molecule has 196 valence electrons. The first-order valence-corrected chi connectivity index (χ1v) is 14.3. The van der Waals surface area contributed by atoms with Gasteiger partial charge in [-0.3, -0.25) is 9.59 Å². The third kappa shape index (κ3) is 3.27. The minimum Gasteiger partial charge on any atom is -0.396 e. The lowest BCUT2D eigenvalue weighted by molar-refractivity contribution is -0.171. The van der Waals surface area contributed by atoms with Crippen LogP contribution in [-0.4, -0.2) is 23.3 Å². The Morgan fingerprint density at radius 1 is 1.03 bits per heavy atom. The second-order valence-corrected chi connectivity index (χ2v) is 14.6. The van der Waals surface area contributed by atoms with Crippen molar-refractivity contribution in [2.45, 2.75) is 99.3 Å². The van der Waals surface area contributed by atoms with Crippen LogP contribution in [0.5, 0.6) is 0 Å². The van der Waals surface area contributed by atoms with E-state index in [2.05, 4.69) is 40.7 Å². The van der Waals surface area contributed by atoms with Crippen molar-refractivity contribution in [1.29, 1.82) is 5.26 Å². The first kappa shape index (κ1) is 25.9. The van der Waals surface area contributed by atoms with Crippen molar-refractivity contribution in [2.24, 2.45) is 50.7 Å². The Labute approximate surface area is 217 Å². The molecule has 0 aliphatic heterocycles. The van der Waals surface area contributed by atoms with Gasteiger partial charge in [-0.1, -0.05) is 53.2 Å². The summed E-state index contributed by atoms with van der Waals surface area (Å²) < 4.78 is 0. The second kappa shape index (κ2) is 8.13. The van der Waals surface area contributed by atoms with Gasteiger partial charge in [0.05, 0.1) is 5.57 Å². The van der Waals surface area contributed by atoms with E-state index in [1.54, 1.807) is 0 Å². The number of nitrogens with zero attached hydrogens (tertiary/aromatic N) is 1. The summed E-state index contributed by atoms with van der Waals surface area (Å²) in [5.74, 6) is 0.523. The molecule has 0 heterocycles. The molecule has 4 nitrogen and oxygen atoms in total. The van der Waals surface area contributed by atoms with Crippen LogP contribution in [-0.2, 0) is 9.59 Å². The van der Waals surface area contributed by atoms with Gasteiger partial charge >= 0.3 is 0 Å². The molecule has 0 saturated heterocycles. The number of carbonyl (C=O) groups excluding carboxylic acids is 2. The largest absolute Gasteiger partial charge is 0.396 e. The predicted molar refractivity (Wildman–Crippen MR) is 141 cm³/mol. The van der Waals surface area contributed by atoms with E-state index in [-0.39, 0.29) is 63.2 Å². The number of fused-ring (bicyclic) bond motifs is 7. The van der Waals surface area contributed by atoms with Gasteiger partial charge in [-0.2, -0.15) is 5.26 Å². The number of nitriles is 1. The van der Waals surface area contributed by atoms with Crippen LogP contribution in [0.3, 0.4) is 0 Å². The first-order chi connectivity index (χ1) is 16.8. The Kier molecular flexibility index (Phi) is 5.85. The number of aliphatic hydroxyl groups excluding tert-OH is 1. The molecule has 36 heavy (non-hydrogen) atoms. The topological polar surface area (TPSA) is 78.2 Å². The van der Waals surface area contributed by atoms with Crippen molar-refractivity contribution in [3.8, 4) is 6.07 Å². The summed E-state index contributed by atoms with van der Waals surface area (Å²) in [6, 6.07) is 2.18. The summed E-state index contributed by atoms with van der Waals surface area (Å²) in [4.78, 5) is 27.2. The van der Waals surface area contributed by atoms with E-state index in [4.69, 9.17) is 0 Å². The summed E-state index contributed by atoms with van der Waals surface area (Å²) in [6.45, 7) is 13.9. The van der Waals surface area contributed by atoms with Gasteiger partial charge in [-0.25, -0.2) is 0 Å². The number of carbonyl (C=O) groups is 2. The van der Waals surface area contributed by atoms with Crippen molar-refractivity contribution >= 4 is 11.6 Å². The Hall–Kier alpha value is -1.73. The van der Waals surface area contributed by atoms with E-state index in [0.717, 1.165) is 51.4 Å². The van der Waals surface area contributed by atoms with Crippen molar-refractivity contribution in [1.82, 2.24) is 0 Å². The van der Waals surface area contributed by atoms with Gasteiger partial charge in [-0.15, -0.1) is 0 Å². The van der Waals surface area contributed by atoms with Crippen LogP contribution in [0, 0.1) is 62.1 Å². The van der Waals surface area contributed by atoms with E-state index in [9.17, 15) is 20.0 Å². The first-order valence-electron chi connectivity index (χ1n) is 14.3. The number of aliphatic hydroxyl groups is 1. The van der Waals surface area contributed by atoms with Crippen LogP contribution in [0.4, 0.5) is 0 Å². The van der Waals surface area contributed by atoms with E-state index in [1.165, 1.54) is 12.0 Å². The quantitative estimate of drug-likeness (QED) is 0.483. The average Bonchev–Trinajstić information content (AvgIpc) is 2.82. The third-order valence-corrected chi connectivity index (χ3v) is 12.5. The van der Waals surface area contributed by atoms with Crippen molar-refractivity contribution in [3.05, 3.63) is 23.3 Å². The Morgan fingerprint density at radius 2 is 1.72 bits per heavy atom. The second-order valence-electron chi connectivity index (χ2n) is 14.6. The number of Topliss-reactive ketones (excluding diaryl/α,β-unsaturated/α-hetero) is 1. The van der Waals surface area contributed by atoms with Crippen molar-refractivity contribution < 1.29 is 14.7 Å². The maximum atomic E-state index is 14.3. The van der Waals surface area contributed by atoms with E-state index < -0.39 is 5.41 Å². The molecule has 5 rings (SSSR count). The molecule has 0 spiro atoms. The maximum absolute atomic E-state index is 14.3. The predicted octanol–water partition coefficient (Wildman–Crippen LogP) is 6.59. The molecule has 4 heteroatoms. The molecular formula is C32H45NO3. The fourth-order valence-corrected chi connectivity index (χ4v) is 10.2. The maximum Gasteiger partial charge on any atom is 0.176 e. The molecule has 0 aromatic carbocycles. The van der Waals surface area contributed by atoms with Gasteiger partial charge in [0.25, 0.3) is 0 Å². The number of hydrogen-bond acceptors (Lipinski definition) is 4. The SMILES string of the molecule is C[C@@H]1C(=O)C(C#N)=C[C@]2(C)C3=CC(=O)C4C5CC(C)(C)CC[C@]5(CCCO)CC[C@@]4(C)[C@]3(C)CC[C@@H]12. The fourth-order valence-electron chi connectivity index (χ4n) is 10.2. The van der Waals surface area contributed by atoms with E-state index in [1.807, 2.05) is 19.1 Å². The zero-order valence-electron chi connectivity index (χ0n) is 23.2. The van der Waals surface area contributed by atoms with Crippen LogP contribution in [0.15, 0.2) is 23.3 Å². The summed E-state index contributed by atoms with van der Waals surface area (Å²) in [5, 5.41) is 19.5. The van der Waals surface area contributed by atoms with Crippen LogP contribution >= 0.6 is 0 Å². The van der Waals surface area contributed by atoms with Gasteiger partial charge in [0.1, 0.15) is 6.07 Å². The lowest BCUT2D eigenvalue weighted by Gasteiger charge is -2.69.